The molecule has 1 aromatic rings. The number of aryl methyl sites for hydroxylation is 1. The zero-order valence-electron chi connectivity index (χ0n) is 15.6. The fourth-order valence-electron chi connectivity index (χ4n) is 4.00. The van der Waals surface area contributed by atoms with Gasteiger partial charge >= 0.3 is 0 Å². The van der Waals surface area contributed by atoms with Crippen molar-refractivity contribution in [1.29, 1.82) is 0 Å². The molecule has 6 nitrogen and oxygen atoms in total. The predicted molar refractivity (Wildman–Crippen MR) is 101 cm³/mol. The number of carbonyl (C=O) groups excluding carboxylic acids is 1. The molecule has 26 heavy (non-hydrogen) atoms. The smallest absolute Gasteiger partial charge is 0.254 e. The summed E-state index contributed by atoms with van der Waals surface area (Å²) in [5, 5.41) is 0. The average molecular weight is 380 g/mol. The largest absolute Gasteiger partial charge is 0.336 e. The first-order valence-corrected chi connectivity index (χ1v) is 10.9. The average Bonchev–Trinajstić information content (AvgIpc) is 3.03. The quantitative estimate of drug-likeness (QED) is 0.867. The maximum atomic E-state index is 13.1. The number of nitrogens with two attached hydrogens (primary N) is 1. The second-order valence-corrected chi connectivity index (χ2v) is 9.52. The van der Waals surface area contributed by atoms with Crippen LogP contribution in [-0.4, -0.2) is 55.8 Å². The number of piperidine rings is 1. The second-order valence-electron chi connectivity index (χ2n) is 7.59. The van der Waals surface area contributed by atoms with Crippen LogP contribution in [-0.2, 0) is 10.0 Å². The van der Waals surface area contributed by atoms with Crippen LogP contribution in [0.15, 0.2) is 23.1 Å². The van der Waals surface area contributed by atoms with Gasteiger partial charge in [-0.05, 0) is 63.3 Å². The van der Waals surface area contributed by atoms with E-state index in [4.69, 9.17) is 5.73 Å². The molecule has 0 aliphatic carbocycles. The first kappa shape index (κ1) is 19.3. The summed E-state index contributed by atoms with van der Waals surface area (Å²) in [6.45, 7) is 6.19. The van der Waals surface area contributed by atoms with E-state index in [0.29, 0.717) is 37.7 Å². The molecule has 2 fully saturated rings. The number of likely N-dealkylation sites (tertiary alicyclic amines) is 1. The van der Waals surface area contributed by atoms with E-state index < -0.39 is 10.0 Å². The fourth-order valence-corrected chi connectivity index (χ4v) is 5.54. The first-order valence-electron chi connectivity index (χ1n) is 9.46. The highest BCUT2D eigenvalue weighted by molar-refractivity contribution is 7.89. The molecule has 2 aliphatic heterocycles. The Morgan fingerprint density at radius 2 is 1.92 bits per heavy atom. The monoisotopic (exact) mass is 379 g/mol. The van der Waals surface area contributed by atoms with Gasteiger partial charge in [-0.15, -0.1) is 0 Å². The Balaban J connectivity index is 1.89. The molecule has 2 unspecified atom stereocenters. The third kappa shape index (κ3) is 3.66. The fraction of sp³-hybridized carbons (Fsp3) is 0.632. The molecule has 7 heteroatoms. The van der Waals surface area contributed by atoms with Crippen molar-refractivity contribution in [3.05, 3.63) is 29.3 Å². The van der Waals surface area contributed by atoms with Crippen LogP contribution in [0, 0.1) is 12.8 Å². The summed E-state index contributed by atoms with van der Waals surface area (Å²) in [5.41, 5.74) is 7.05. The topological polar surface area (TPSA) is 83.7 Å². The van der Waals surface area contributed by atoms with Crippen molar-refractivity contribution in [2.24, 2.45) is 11.7 Å². The van der Waals surface area contributed by atoms with Crippen LogP contribution in [0.4, 0.5) is 0 Å². The highest BCUT2D eigenvalue weighted by atomic mass is 32.2. The number of benzene rings is 1. The van der Waals surface area contributed by atoms with Crippen molar-refractivity contribution in [3.63, 3.8) is 0 Å². The molecule has 0 spiro atoms. The first-order chi connectivity index (χ1) is 12.3. The van der Waals surface area contributed by atoms with Crippen LogP contribution in [0.2, 0.25) is 0 Å². The van der Waals surface area contributed by atoms with E-state index in [1.807, 2.05) is 18.7 Å². The minimum Gasteiger partial charge on any atom is -0.336 e. The normalized spacial score (nSPS) is 24.8. The Hall–Kier alpha value is -1.44. The molecule has 3 rings (SSSR count). The van der Waals surface area contributed by atoms with Crippen molar-refractivity contribution in [3.8, 4) is 0 Å². The molecule has 2 aliphatic rings. The highest BCUT2D eigenvalue weighted by Crippen LogP contribution is 2.27. The van der Waals surface area contributed by atoms with Crippen molar-refractivity contribution in [2.45, 2.75) is 50.5 Å². The molecule has 0 saturated carbocycles. The molecular weight excluding hydrogens is 350 g/mol. The molecule has 0 radical (unpaired) electrons. The van der Waals surface area contributed by atoms with Gasteiger partial charge in [0.25, 0.3) is 5.91 Å². The van der Waals surface area contributed by atoms with Gasteiger partial charge in [-0.1, -0.05) is 12.5 Å². The lowest BCUT2D eigenvalue weighted by molar-refractivity contribution is 0.0742. The van der Waals surface area contributed by atoms with Crippen LogP contribution in [0.5, 0.6) is 0 Å². The molecule has 0 bridgehead atoms. The SMILES string of the molecule is Cc1ccc(S(=O)(=O)N2CCCCC2)cc1C(=O)N1CC(CN)CC1C. The van der Waals surface area contributed by atoms with Gasteiger partial charge in [-0.3, -0.25) is 4.79 Å². The minimum atomic E-state index is -3.54. The third-order valence-corrected chi connectivity index (χ3v) is 7.54. The summed E-state index contributed by atoms with van der Waals surface area (Å²) in [7, 11) is -3.54. The van der Waals surface area contributed by atoms with E-state index in [2.05, 4.69) is 0 Å². The Morgan fingerprint density at radius 1 is 1.23 bits per heavy atom. The third-order valence-electron chi connectivity index (χ3n) is 5.65. The van der Waals surface area contributed by atoms with E-state index in [0.717, 1.165) is 31.2 Å². The van der Waals surface area contributed by atoms with Crippen LogP contribution in [0.25, 0.3) is 0 Å². The van der Waals surface area contributed by atoms with E-state index in [-0.39, 0.29) is 16.8 Å². The summed E-state index contributed by atoms with van der Waals surface area (Å²) < 4.78 is 27.4. The number of carbonyl (C=O) groups is 1. The lowest BCUT2D eigenvalue weighted by atomic mass is 10.1. The summed E-state index contributed by atoms with van der Waals surface area (Å²) in [4.78, 5) is 15.1. The molecule has 2 atom stereocenters. The van der Waals surface area contributed by atoms with Crippen molar-refractivity contribution in [1.82, 2.24) is 9.21 Å². The van der Waals surface area contributed by atoms with Crippen LogP contribution < -0.4 is 5.73 Å². The lowest BCUT2D eigenvalue weighted by Crippen LogP contribution is -2.36. The van der Waals surface area contributed by atoms with Gasteiger partial charge in [-0.2, -0.15) is 4.31 Å². The summed E-state index contributed by atoms with van der Waals surface area (Å²) in [6.07, 6.45) is 3.75. The van der Waals surface area contributed by atoms with Gasteiger partial charge in [-0.25, -0.2) is 8.42 Å². The Kier molecular flexibility index (Phi) is 5.69. The van der Waals surface area contributed by atoms with Gasteiger partial charge in [0.05, 0.1) is 4.90 Å². The number of nitrogens with zero attached hydrogens (tertiary/aromatic N) is 2. The lowest BCUT2D eigenvalue weighted by Gasteiger charge is -2.27. The van der Waals surface area contributed by atoms with Gasteiger partial charge in [0.2, 0.25) is 10.0 Å². The zero-order chi connectivity index (χ0) is 18.9. The maximum absolute atomic E-state index is 13.1. The van der Waals surface area contributed by atoms with Gasteiger partial charge in [0.15, 0.2) is 0 Å². The van der Waals surface area contributed by atoms with Gasteiger partial charge < -0.3 is 10.6 Å². The molecular formula is C19H29N3O3S. The van der Waals surface area contributed by atoms with Crippen molar-refractivity contribution < 1.29 is 13.2 Å². The molecule has 2 saturated heterocycles. The molecule has 2 N–H and O–H groups in total. The standard InChI is InChI=1S/C19H29N3O3S/c1-14-6-7-17(26(24,25)21-8-4-3-5-9-21)11-18(14)19(23)22-13-16(12-20)10-15(22)2/h6-7,11,15-16H,3-5,8-10,12-13,20H2,1-2H3. The van der Waals surface area contributed by atoms with Crippen LogP contribution >= 0.6 is 0 Å². The molecule has 1 aromatic carbocycles. The molecule has 0 aromatic heterocycles. The zero-order valence-corrected chi connectivity index (χ0v) is 16.5. The maximum Gasteiger partial charge on any atom is 0.254 e. The van der Waals surface area contributed by atoms with Crippen LogP contribution in [0.3, 0.4) is 0 Å². The molecule has 1 amide bonds. The van der Waals surface area contributed by atoms with Crippen LogP contribution in [0.1, 0.15) is 48.5 Å². The minimum absolute atomic E-state index is 0.0957. The second kappa shape index (κ2) is 7.66. The van der Waals surface area contributed by atoms with E-state index in [1.165, 1.54) is 0 Å². The van der Waals surface area contributed by atoms with E-state index >= 15 is 0 Å². The molecule has 144 valence electrons. The number of hydrogen-bond acceptors (Lipinski definition) is 4. The summed E-state index contributed by atoms with van der Waals surface area (Å²) in [6, 6.07) is 5.04. The number of rotatable bonds is 4. The summed E-state index contributed by atoms with van der Waals surface area (Å²) >= 11 is 0. The van der Waals surface area contributed by atoms with Crippen molar-refractivity contribution >= 4 is 15.9 Å². The highest BCUT2D eigenvalue weighted by Gasteiger charge is 2.33. The molecule has 2 heterocycles. The van der Waals surface area contributed by atoms with E-state index in [1.54, 1.807) is 22.5 Å². The summed E-state index contributed by atoms with van der Waals surface area (Å²) in [5.74, 6) is 0.219. The number of amides is 1. The van der Waals surface area contributed by atoms with Gasteiger partial charge in [0, 0.05) is 31.2 Å². The van der Waals surface area contributed by atoms with Gasteiger partial charge in [0.1, 0.15) is 0 Å². The van der Waals surface area contributed by atoms with E-state index in [9.17, 15) is 13.2 Å². The number of hydrogen-bond donors (Lipinski definition) is 1. The van der Waals surface area contributed by atoms with Crippen molar-refractivity contribution in [2.75, 3.05) is 26.2 Å². The Bertz CT molecular complexity index is 772. The Morgan fingerprint density at radius 3 is 2.54 bits per heavy atom. The predicted octanol–water partition coefficient (Wildman–Crippen LogP) is 1.98. The Labute approximate surface area is 156 Å². The number of sulfonamides is 1.